The van der Waals surface area contributed by atoms with Crippen LogP contribution in [0, 0.1) is 11.6 Å². The number of halogens is 2. The van der Waals surface area contributed by atoms with Gasteiger partial charge in [-0.1, -0.05) is 13.0 Å². The van der Waals surface area contributed by atoms with Crippen molar-refractivity contribution in [2.45, 2.75) is 16.7 Å². The molecule has 5 nitrogen and oxygen atoms in total. The SMILES string of the molecule is CCS(=O)(=O)c1ccc(NS(=O)(=O)c2c(F)cccc2F)cc1. The number of hydrogen-bond donors (Lipinski definition) is 1. The van der Waals surface area contributed by atoms with Crippen LogP contribution in [0.1, 0.15) is 6.92 Å². The van der Waals surface area contributed by atoms with E-state index in [9.17, 15) is 25.6 Å². The summed E-state index contributed by atoms with van der Waals surface area (Å²) < 4.78 is 76.6. The first kappa shape index (κ1) is 17.4. The van der Waals surface area contributed by atoms with E-state index in [4.69, 9.17) is 0 Å². The Kier molecular flexibility index (Phi) is 4.71. The third-order valence-electron chi connectivity index (χ3n) is 3.03. The Morgan fingerprint density at radius 3 is 1.91 bits per heavy atom. The van der Waals surface area contributed by atoms with E-state index in [1.165, 1.54) is 31.2 Å². The minimum absolute atomic E-state index is 0.0114. The van der Waals surface area contributed by atoms with E-state index in [1.807, 2.05) is 4.72 Å². The number of sulfonamides is 1. The Morgan fingerprint density at radius 1 is 0.913 bits per heavy atom. The fourth-order valence-corrected chi connectivity index (χ4v) is 3.92. The van der Waals surface area contributed by atoms with E-state index in [0.29, 0.717) is 0 Å². The van der Waals surface area contributed by atoms with Crippen molar-refractivity contribution in [3.05, 3.63) is 54.1 Å². The zero-order chi connectivity index (χ0) is 17.3. The van der Waals surface area contributed by atoms with E-state index in [1.54, 1.807) is 0 Å². The summed E-state index contributed by atoms with van der Waals surface area (Å²) in [6, 6.07) is 7.55. The molecule has 0 aliphatic rings. The standard InChI is InChI=1S/C14H13F2NO4S2/c1-2-22(18,19)11-8-6-10(7-9-11)17-23(20,21)14-12(15)4-3-5-13(14)16/h3-9,17H,2H2,1H3. The van der Waals surface area contributed by atoms with E-state index in [-0.39, 0.29) is 16.3 Å². The van der Waals surface area contributed by atoms with Crippen molar-refractivity contribution in [2.75, 3.05) is 10.5 Å². The van der Waals surface area contributed by atoms with Gasteiger partial charge < -0.3 is 0 Å². The largest absolute Gasteiger partial charge is 0.279 e. The zero-order valence-electron chi connectivity index (χ0n) is 12.0. The normalized spacial score (nSPS) is 12.1. The van der Waals surface area contributed by atoms with Crippen LogP contribution in [0.25, 0.3) is 0 Å². The van der Waals surface area contributed by atoms with Crippen LogP contribution in [-0.4, -0.2) is 22.6 Å². The lowest BCUT2D eigenvalue weighted by molar-refractivity contribution is 0.521. The highest BCUT2D eigenvalue weighted by molar-refractivity contribution is 7.92. The number of anilines is 1. The van der Waals surface area contributed by atoms with Gasteiger partial charge in [-0.05, 0) is 36.4 Å². The average molecular weight is 361 g/mol. The highest BCUT2D eigenvalue weighted by atomic mass is 32.2. The smallest absolute Gasteiger partial charge is 0.267 e. The molecule has 0 amide bonds. The highest BCUT2D eigenvalue weighted by Crippen LogP contribution is 2.22. The number of hydrogen-bond acceptors (Lipinski definition) is 4. The lowest BCUT2D eigenvalue weighted by Gasteiger charge is -2.10. The molecular weight excluding hydrogens is 348 g/mol. The Hall–Kier alpha value is -2.00. The number of rotatable bonds is 5. The predicted octanol–water partition coefficient (Wildman–Crippen LogP) is 2.56. The summed E-state index contributed by atoms with van der Waals surface area (Å²) in [6.07, 6.45) is 0. The van der Waals surface area contributed by atoms with Crippen molar-refractivity contribution in [2.24, 2.45) is 0 Å². The third kappa shape index (κ3) is 3.67. The maximum absolute atomic E-state index is 13.6. The summed E-state index contributed by atoms with van der Waals surface area (Å²) in [5.41, 5.74) is -0.0114. The molecule has 0 bridgehead atoms. The van der Waals surface area contributed by atoms with Gasteiger partial charge in [-0.15, -0.1) is 0 Å². The predicted molar refractivity (Wildman–Crippen MR) is 81.3 cm³/mol. The van der Waals surface area contributed by atoms with Gasteiger partial charge in [-0.2, -0.15) is 0 Å². The molecule has 9 heteroatoms. The van der Waals surface area contributed by atoms with Crippen molar-refractivity contribution in [3.63, 3.8) is 0 Å². The quantitative estimate of drug-likeness (QED) is 0.888. The van der Waals surface area contributed by atoms with Gasteiger partial charge in [0.1, 0.15) is 11.6 Å². The van der Waals surface area contributed by atoms with Gasteiger partial charge in [0.25, 0.3) is 10.0 Å². The van der Waals surface area contributed by atoms with Gasteiger partial charge in [0.15, 0.2) is 14.7 Å². The molecule has 0 aliphatic carbocycles. The first-order chi connectivity index (χ1) is 10.7. The highest BCUT2D eigenvalue weighted by Gasteiger charge is 2.24. The fourth-order valence-electron chi connectivity index (χ4n) is 1.84. The number of benzene rings is 2. The van der Waals surface area contributed by atoms with Crippen molar-refractivity contribution in [1.29, 1.82) is 0 Å². The molecule has 0 heterocycles. The second kappa shape index (κ2) is 6.25. The molecule has 0 aliphatic heterocycles. The molecule has 0 unspecified atom stereocenters. The van der Waals surface area contributed by atoms with Gasteiger partial charge >= 0.3 is 0 Å². The van der Waals surface area contributed by atoms with Crippen molar-refractivity contribution < 1.29 is 25.6 Å². The summed E-state index contributed by atoms with van der Waals surface area (Å²) >= 11 is 0. The Balaban J connectivity index is 2.35. The van der Waals surface area contributed by atoms with Crippen LogP contribution in [-0.2, 0) is 19.9 Å². The van der Waals surface area contributed by atoms with E-state index < -0.39 is 36.4 Å². The molecule has 0 saturated heterocycles. The zero-order valence-corrected chi connectivity index (χ0v) is 13.6. The monoisotopic (exact) mass is 361 g/mol. The summed E-state index contributed by atoms with van der Waals surface area (Å²) in [5, 5.41) is 0. The van der Waals surface area contributed by atoms with Gasteiger partial charge in [-0.3, -0.25) is 4.72 Å². The Morgan fingerprint density at radius 2 is 1.43 bits per heavy atom. The average Bonchev–Trinajstić information content (AvgIpc) is 2.47. The fraction of sp³-hybridized carbons (Fsp3) is 0.143. The van der Waals surface area contributed by atoms with Crippen LogP contribution in [0.15, 0.2) is 52.3 Å². The molecule has 2 aromatic rings. The molecule has 0 spiro atoms. The Labute approximate surface area is 132 Å². The van der Waals surface area contributed by atoms with Crippen molar-refractivity contribution >= 4 is 25.5 Å². The molecule has 23 heavy (non-hydrogen) atoms. The topological polar surface area (TPSA) is 80.3 Å². The van der Waals surface area contributed by atoms with E-state index in [2.05, 4.69) is 0 Å². The van der Waals surface area contributed by atoms with Crippen LogP contribution in [0.4, 0.5) is 14.5 Å². The van der Waals surface area contributed by atoms with Gasteiger partial charge in [0, 0.05) is 5.69 Å². The van der Waals surface area contributed by atoms with Gasteiger partial charge in [0.2, 0.25) is 0 Å². The minimum Gasteiger partial charge on any atom is -0.279 e. The van der Waals surface area contributed by atoms with Crippen LogP contribution in [0.2, 0.25) is 0 Å². The Bertz CT molecular complexity index is 903. The van der Waals surface area contributed by atoms with Gasteiger partial charge in [-0.25, -0.2) is 25.6 Å². The molecule has 2 rings (SSSR count). The molecule has 0 atom stereocenters. The summed E-state index contributed by atoms with van der Waals surface area (Å²) in [7, 11) is -7.90. The summed E-state index contributed by atoms with van der Waals surface area (Å²) in [5.74, 6) is -2.54. The molecule has 124 valence electrons. The number of sulfone groups is 1. The molecule has 1 N–H and O–H groups in total. The lowest BCUT2D eigenvalue weighted by atomic mass is 10.3. The summed E-state index contributed by atoms with van der Waals surface area (Å²) in [6.45, 7) is 1.48. The van der Waals surface area contributed by atoms with Gasteiger partial charge in [0.05, 0.1) is 10.6 Å². The second-order valence-corrected chi connectivity index (χ2v) is 8.48. The molecule has 0 radical (unpaired) electrons. The lowest BCUT2D eigenvalue weighted by Crippen LogP contribution is -2.16. The third-order valence-corrected chi connectivity index (χ3v) is 6.22. The maximum atomic E-state index is 13.6. The van der Waals surface area contributed by atoms with Crippen LogP contribution in [0.3, 0.4) is 0 Å². The van der Waals surface area contributed by atoms with Crippen LogP contribution >= 0.6 is 0 Å². The number of nitrogens with one attached hydrogen (secondary N) is 1. The van der Waals surface area contributed by atoms with E-state index in [0.717, 1.165) is 18.2 Å². The van der Waals surface area contributed by atoms with Crippen LogP contribution in [0.5, 0.6) is 0 Å². The van der Waals surface area contributed by atoms with E-state index >= 15 is 0 Å². The van der Waals surface area contributed by atoms with Crippen LogP contribution < -0.4 is 4.72 Å². The molecule has 0 saturated carbocycles. The first-order valence-electron chi connectivity index (χ1n) is 6.47. The van der Waals surface area contributed by atoms with Crippen molar-refractivity contribution in [3.8, 4) is 0 Å². The van der Waals surface area contributed by atoms with Crippen molar-refractivity contribution in [1.82, 2.24) is 0 Å². The molecular formula is C14H13F2NO4S2. The minimum atomic E-state index is -4.48. The maximum Gasteiger partial charge on any atom is 0.267 e. The molecule has 2 aromatic carbocycles. The second-order valence-electron chi connectivity index (χ2n) is 4.58. The molecule has 0 fully saturated rings. The first-order valence-corrected chi connectivity index (χ1v) is 9.60. The summed E-state index contributed by atoms with van der Waals surface area (Å²) in [4.78, 5) is -1.06. The molecule has 0 aromatic heterocycles.